The van der Waals surface area contributed by atoms with Crippen LogP contribution in [-0.2, 0) is 0 Å². The molecule has 88 valence electrons. The van der Waals surface area contributed by atoms with Crippen molar-refractivity contribution < 1.29 is 0 Å². The Bertz CT molecular complexity index is 356. The van der Waals surface area contributed by atoms with Crippen molar-refractivity contribution in [3.05, 3.63) is 17.5 Å². The predicted octanol–water partition coefficient (Wildman–Crippen LogP) is 1.66. The molecule has 1 unspecified atom stereocenters. The molecule has 2 rings (SSSR count). The van der Waals surface area contributed by atoms with Crippen LogP contribution in [0.4, 0.5) is 5.82 Å². The summed E-state index contributed by atoms with van der Waals surface area (Å²) in [6, 6.07) is 0.504. The summed E-state index contributed by atoms with van der Waals surface area (Å²) in [5.41, 5.74) is 0. The van der Waals surface area contributed by atoms with Crippen LogP contribution in [0.25, 0.3) is 0 Å². The molecule has 0 amide bonds. The van der Waals surface area contributed by atoms with Crippen molar-refractivity contribution in [1.82, 2.24) is 14.9 Å². The lowest BCUT2D eigenvalue weighted by molar-refractivity contribution is 0.371. The zero-order chi connectivity index (χ0) is 11.5. The van der Waals surface area contributed by atoms with Gasteiger partial charge in [-0.25, -0.2) is 9.97 Å². The molecule has 1 aliphatic heterocycles. The fraction of sp³-hybridized carbons (Fsp3) is 0.636. The Hall–Kier alpha value is -0.870. The summed E-state index contributed by atoms with van der Waals surface area (Å²) in [6.07, 6.45) is 5.73. The summed E-state index contributed by atoms with van der Waals surface area (Å²) in [4.78, 5) is 12.9. The standard InChI is InChI=1S/C11H17ClN4/c1-15(2)8-9-4-3-7-16(9)11-10(12)13-5-6-14-11/h5-6,9H,3-4,7-8H2,1-2H3. The minimum Gasteiger partial charge on any atom is -0.350 e. The molecule has 1 aliphatic rings. The van der Waals surface area contributed by atoms with Gasteiger partial charge in [0.05, 0.1) is 0 Å². The Morgan fingerprint density at radius 1 is 1.44 bits per heavy atom. The van der Waals surface area contributed by atoms with E-state index in [9.17, 15) is 0 Å². The van der Waals surface area contributed by atoms with E-state index < -0.39 is 0 Å². The maximum atomic E-state index is 6.08. The topological polar surface area (TPSA) is 32.3 Å². The normalized spacial score (nSPS) is 20.8. The second kappa shape index (κ2) is 4.97. The Morgan fingerprint density at radius 3 is 2.88 bits per heavy atom. The van der Waals surface area contributed by atoms with Crippen molar-refractivity contribution in [3.8, 4) is 0 Å². The molecule has 1 atom stereocenters. The summed E-state index contributed by atoms with van der Waals surface area (Å²) in [6.45, 7) is 2.06. The monoisotopic (exact) mass is 240 g/mol. The number of nitrogens with zero attached hydrogens (tertiary/aromatic N) is 4. The van der Waals surface area contributed by atoms with E-state index in [4.69, 9.17) is 11.6 Å². The van der Waals surface area contributed by atoms with E-state index in [2.05, 4.69) is 33.9 Å². The van der Waals surface area contributed by atoms with Gasteiger partial charge < -0.3 is 9.80 Å². The van der Waals surface area contributed by atoms with Gasteiger partial charge in [0.1, 0.15) is 0 Å². The minimum absolute atomic E-state index is 0.504. The van der Waals surface area contributed by atoms with E-state index in [1.807, 2.05) is 0 Å². The van der Waals surface area contributed by atoms with Gasteiger partial charge in [-0.1, -0.05) is 11.6 Å². The fourth-order valence-electron chi connectivity index (χ4n) is 2.23. The Labute approximate surface area is 101 Å². The van der Waals surface area contributed by atoms with Crippen molar-refractivity contribution >= 4 is 17.4 Å². The minimum atomic E-state index is 0.504. The Kier molecular flexibility index (Phi) is 3.61. The lowest BCUT2D eigenvalue weighted by Crippen LogP contribution is -2.38. The van der Waals surface area contributed by atoms with Gasteiger partial charge in [0.2, 0.25) is 0 Å². The summed E-state index contributed by atoms with van der Waals surface area (Å²) in [7, 11) is 4.18. The van der Waals surface area contributed by atoms with Crippen LogP contribution in [0.1, 0.15) is 12.8 Å². The van der Waals surface area contributed by atoms with Gasteiger partial charge in [-0.05, 0) is 26.9 Å². The molecular formula is C11H17ClN4. The van der Waals surface area contributed by atoms with Crippen LogP contribution < -0.4 is 4.90 Å². The van der Waals surface area contributed by atoms with E-state index in [1.54, 1.807) is 12.4 Å². The molecule has 0 spiro atoms. The molecule has 0 saturated carbocycles. The van der Waals surface area contributed by atoms with Crippen LogP contribution in [0.5, 0.6) is 0 Å². The molecule has 0 radical (unpaired) electrons. The number of likely N-dealkylation sites (N-methyl/N-ethyl adjacent to an activating group) is 1. The summed E-state index contributed by atoms with van der Waals surface area (Å²) < 4.78 is 0. The van der Waals surface area contributed by atoms with Crippen molar-refractivity contribution in [3.63, 3.8) is 0 Å². The van der Waals surface area contributed by atoms with E-state index in [-0.39, 0.29) is 0 Å². The zero-order valence-electron chi connectivity index (χ0n) is 9.73. The number of rotatable bonds is 3. The third kappa shape index (κ3) is 2.44. The van der Waals surface area contributed by atoms with Gasteiger partial charge in [-0.15, -0.1) is 0 Å². The smallest absolute Gasteiger partial charge is 0.171 e. The first-order chi connectivity index (χ1) is 7.68. The van der Waals surface area contributed by atoms with Crippen LogP contribution in [-0.4, -0.2) is 48.1 Å². The van der Waals surface area contributed by atoms with Gasteiger partial charge in [0.25, 0.3) is 0 Å². The zero-order valence-corrected chi connectivity index (χ0v) is 10.5. The first kappa shape index (κ1) is 11.6. The lowest BCUT2D eigenvalue weighted by atomic mass is 10.2. The van der Waals surface area contributed by atoms with E-state index >= 15 is 0 Å². The van der Waals surface area contributed by atoms with Crippen molar-refractivity contribution in [2.45, 2.75) is 18.9 Å². The molecule has 16 heavy (non-hydrogen) atoms. The lowest BCUT2D eigenvalue weighted by Gasteiger charge is -2.28. The van der Waals surface area contributed by atoms with Gasteiger partial charge >= 0.3 is 0 Å². The first-order valence-corrected chi connectivity index (χ1v) is 5.94. The number of hydrogen-bond acceptors (Lipinski definition) is 4. The first-order valence-electron chi connectivity index (χ1n) is 5.56. The van der Waals surface area contributed by atoms with E-state index in [0.29, 0.717) is 11.2 Å². The van der Waals surface area contributed by atoms with Crippen LogP contribution in [0.15, 0.2) is 12.4 Å². The van der Waals surface area contributed by atoms with E-state index in [1.165, 1.54) is 12.8 Å². The highest BCUT2D eigenvalue weighted by atomic mass is 35.5. The molecule has 1 saturated heterocycles. The van der Waals surface area contributed by atoms with Gasteiger partial charge in [0.15, 0.2) is 11.0 Å². The molecule has 1 aromatic heterocycles. The highest BCUT2D eigenvalue weighted by molar-refractivity contribution is 6.31. The fourth-order valence-corrected chi connectivity index (χ4v) is 2.45. The molecule has 0 aliphatic carbocycles. The third-order valence-corrected chi connectivity index (χ3v) is 3.13. The predicted molar refractivity (Wildman–Crippen MR) is 66.0 cm³/mol. The second-order valence-electron chi connectivity index (χ2n) is 4.42. The molecule has 2 heterocycles. The summed E-state index contributed by atoms with van der Waals surface area (Å²) >= 11 is 6.08. The van der Waals surface area contributed by atoms with Crippen LogP contribution in [0, 0.1) is 0 Å². The Balaban J connectivity index is 2.17. The van der Waals surface area contributed by atoms with Crippen LogP contribution in [0.3, 0.4) is 0 Å². The molecular weight excluding hydrogens is 224 g/mol. The maximum Gasteiger partial charge on any atom is 0.171 e. The van der Waals surface area contributed by atoms with Gasteiger partial charge in [-0.2, -0.15) is 0 Å². The van der Waals surface area contributed by atoms with Crippen LogP contribution >= 0.6 is 11.6 Å². The summed E-state index contributed by atoms with van der Waals surface area (Å²) in [5, 5.41) is 0.508. The SMILES string of the molecule is CN(C)CC1CCCN1c1nccnc1Cl. The van der Waals surface area contributed by atoms with Crippen LogP contribution in [0.2, 0.25) is 5.15 Å². The Morgan fingerprint density at radius 2 is 2.19 bits per heavy atom. The van der Waals surface area contributed by atoms with Gasteiger partial charge in [-0.3, -0.25) is 0 Å². The molecule has 1 aromatic rings. The van der Waals surface area contributed by atoms with E-state index in [0.717, 1.165) is 18.9 Å². The quantitative estimate of drug-likeness (QED) is 0.805. The molecule has 1 fully saturated rings. The molecule has 0 bridgehead atoms. The number of anilines is 1. The van der Waals surface area contributed by atoms with Crippen molar-refractivity contribution in [2.75, 3.05) is 32.1 Å². The maximum absolute atomic E-state index is 6.08. The summed E-state index contributed by atoms with van der Waals surface area (Å²) in [5.74, 6) is 0.827. The highest BCUT2D eigenvalue weighted by Crippen LogP contribution is 2.28. The van der Waals surface area contributed by atoms with Crippen molar-refractivity contribution in [2.24, 2.45) is 0 Å². The molecule has 5 heteroatoms. The molecule has 4 nitrogen and oxygen atoms in total. The molecule has 0 aromatic carbocycles. The number of hydrogen-bond donors (Lipinski definition) is 0. The largest absolute Gasteiger partial charge is 0.350 e. The average molecular weight is 241 g/mol. The van der Waals surface area contributed by atoms with Crippen molar-refractivity contribution in [1.29, 1.82) is 0 Å². The molecule has 0 N–H and O–H groups in total. The third-order valence-electron chi connectivity index (χ3n) is 2.86. The highest BCUT2D eigenvalue weighted by Gasteiger charge is 2.27. The average Bonchev–Trinajstić information content (AvgIpc) is 2.66. The number of halogens is 1. The van der Waals surface area contributed by atoms with Gasteiger partial charge in [0, 0.05) is 31.5 Å². The second-order valence-corrected chi connectivity index (χ2v) is 4.78. The number of aromatic nitrogens is 2.